The molecule has 0 atom stereocenters. The Balaban J connectivity index is 2.95. The van der Waals surface area contributed by atoms with Crippen LogP contribution < -0.4 is 11.1 Å². The Morgan fingerprint density at radius 1 is 1.47 bits per heavy atom. The van der Waals surface area contributed by atoms with Gasteiger partial charge in [0.05, 0.1) is 5.69 Å². The SMILES string of the molecule is C=C(CN)c1cc(F)ccc1NC(=O)OC(C)(C)C. The molecule has 0 spiro atoms. The van der Waals surface area contributed by atoms with E-state index in [1.165, 1.54) is 18.2 Å². The summed E-state index contributed by atoms with van der Waals surface area (Å²) in [4.78, 5) is 11.7. The van der Waals surface area contributed by atoms with Crippen molar-refractivity contribution >= 4 is 17.4 Å². The second-order valence-electron chi connectivity index (χ2n) is 5.12. The average molecular weight is 266 g/mol. The standard InChI is InChI=1S/C14H19FN2O2/c1-9(8-16)11-7-10(15)5-6-12(11)17-13(18)19-14(2,3)4/h5-7H,1,8,16H2,2-4H3,(H,17,18). The lowest BCUT2D eigenvalue weighted by Gasteiger charge is -2.20. The first-order valence-electron chi connectivity index (χ1n) is 5.90. The van der Waals surface area contributed by atoms with E-state index in [1.807, 2.05) is 0 Å². The van der Waals surface area contributed by atoms with Crippen molar-refractivity contribution in [3.8, 4) is 0 Å². The van der Waals surface area contributed by atoms with E-state index in [-0.39, 0.29) is 6.54 Å². The van der Waals surface area contributed by atoms with Gasteiger partial charge in [0.2, 0.25) is 0 Å². The normalized spacial score (nSPS) is 11.0. The zero-order chi connectivity index (χ0) is 14.6. The van der Waals surface area contributed by atoms with Crippen LogP contribution in [0.15, 0.2) is 24.8 Å². The Kier molecular flexibility index (Phi) is 4.67. The predicted molar refractivity (Wildman–Crippen MR) is 74.3 cm³/mol. The summed E-state index contributed by atoms with van der Waals surface area (Å²) in [7, 11) is 0. The topological polar surface area (TPSA) is 64.3 Å². The second-order valence-corrected chi connectivity index (χ2v) is 5.12. The first-order chi connectivity index (χ1) is 8.73. The van der Waals surface area contributed by atoms with Crippen molar-refractivity contribution in [1.29, 1.82) is 0 Å². The molecule has 0 fully saturated rings. The van der Waals surface area contributed by atoms with E-state index >= 15 is 0 Å². The molecule has 1 aromatic carbocycles. The Bertz CT molecular complexity index is 493. The van der Waals surface area contributed by atoms with Crippen molar-refractivity contribution in [2.45, 2.75) is 26.4 Å². The van der Waals surface area contributed by atoms with Gasteiger partial charge in [0.15, 0.2) is 0 Å². The summed E-state index contributed by atoms with van der Waals surface area (Å²) in [6.45, 7) is 9.20. The molecule has 19 heavy (non-hydrogen) atoms. The molecule has 104 valence electrons. The number of hydrogen-bond acceptors (Lipinski definition) is 3. The van der Waals surface area contributed by atoms with Crippen LogP contribution in [0.1, 0.15) is 26.3 Å². The molecule has 1 rings (SSSR count). The molecule has 1 amide bonds. The summed E-state index contributed by atoms with van der Waals surface area (Å²) in [5.41, 5.74) is 6.31. The summed E-state index contributed by atoms with van der Waals surface area (Å²) in [6.07, 6.45) is -0.606. The molecule has 0 bridgehead atoms. The van der Waals surface area contributed by atoms with Crippen molar-refractivity contribution in [1.82, 2.24) is 0 Å². The Morgan fingerprint density at radius 3 is 2.63 bits per heavy atom. The second kappa shape index (κ2) is 5.84. The number of nitrogens with two attached hydrogens (primary N) is 1. The molecule has 0 aliphatic heterocycles. The number of ether oxygens (including phenoxy) is 1. The minimum Gasteiger partial charge on any atom is -0.444 e. The number of anilines is 1. The van der Waals surface area contributed by atoms with Gasteiger partial charge in [0.25, 0.3) is 0 Å². The lowest BCUT2D eigenvalue weighted by Crippen LogP contribution is -2.27. The smallest absolute Gasteiger partial charge is 0.412 e. The minimum atomic E-state index is -0.606. The van der Waals surface area contributed by atoms with E-state index in [4.69, 9.17) is 10.5 Å². The molecule has 3 N–H and O–H groups in total. The maximum Gasteiger partial charge on any atom is 0.412 e. The van der Waals surface area contributed by atoms with Crippen LogP contribution in [0.4, 0.5) is 14.9 Å². The van der Waals surface area contributed by atoms with Crippen molar-refractivity contribution < 1.29 is 13.9 Å². The molecule has 0 saturated heterocycles. The van der Waals surface area contributed by atoms with Crippen LogP contribution in [0.3, 0.4) is 0 Å². The highest BCUT2D eigenvalue weighted by Crippen LogP contribution is 2.24. The Hall–Kier alpha value is -1.88. The third kappa shape index (κ3) is 4.71. The van der Waals surface area contributed by atoms with Crippen LogP contribution >= 0.6 is 0 Å². The van der Waals surface area contributed by atoms with Crippen LogP contribution in [0.5, 0.6) is 0 Å². The molecule has 0 aliphatic rings. The van der Waals surface area contributed by atoms with Crippen LogP contribution in [-0.4, -0.2) is 18.2 Å². The highest BCUT2D eigenvalue weighted by molar-refractivity contribution is 5.90. The fourth-order valence-corrected chi connectivity index (χ4v) is 1.44. The first kappa shape index (κ1) is 15.2. The van der Waals surface area contributed by atoms with Gasteiger partial charge in [-0.25, -0.2) is 9.18 Å². The molecule has 0 aliphatic carbocycles. The van der Waals surface area contributed by atoms with Crippen LogP contribution in [0, 0.1) is 5.82 Å². The summed E-state index contributed by atoms with van der Waals surface area (Å²) < 4.78 is 18.4. The van der Waals surface area contributed by atoms with Gasteiger partial charge >= 0.3 is 6.09 Å². The van der Waals surface area contributed by atoms with Gasteiger partial charge < -0.3 is 10.5 Å². The number of benzene rings is 1. The maximum atomic E-state index is 13.2. The first-order valence-corrected chi connectivity index (χ1v) is 5.90. The summed E-state index contributed by atoms with van der Waals surface area (Å²) in [5, 5.41) is 2.57. The molecule has 0 unspecified atom stereocenters. The molecular formula is C14H19FN2O2. The van der Waals surface area contributed by atoms with Crippen molar-refractivity contribution in [2.75, 3.05) is 11.9 Å². The number of rotatable bonds is 3. The van der Waals surface area contributed by atoms with E-state index in [1.54, 1.807) is 20.8 Å². The lowest BCUT2D eigenvalue weighted by atomic mass is 10.1. The number of carbonyl (C=O) groups is 1. The summed E-state index contributed by atoms with van der Waals surface area (Å²) >= 11 is 0. The number of nitrogens with one attached hydrogen (secondary N) is 1. The van der Waals surface area contributed by atoms with E-state index in [0.29, 0.717) is 16.8 Å². The fourth-order valence-electron chi connectivity index (χ4n) is 1.44. The third-order valence-electron chi connectivity index (χ3n) is 2.24. The third-order valence-corrected chi connectivity index (χ3v) is 2.24. The molecule has 4 nitrogen and oxygen atoms in total. The van der Waals surface area contributed by atoms with Gasteiger partial charge in [-0.3, -0.25) is 5.32 Å². The van der Waals surface area contributed by atoms with Crippen molar-refractivity contribution in [3.63, 3.8) is 0 Å². The highest BCUT2D eigenvalue weighted by atomic mass is 19.1. The zero-order valence-electron chi connectivity index (χ0n) is 11.4. The van der Waals surface area contributed by atoms with Crippen LogP contribution in [0.2, 0.25) is 0 Å². The molecule has 1 aromatic rings. The van der Waals surface area contributed by atoms with Crippen LogP contribution in [0.25, 0.3) is 5.57 Å². The maximum absolute atomic E-state index is 13.2. The molecule has 0 heterocycles. The fraction of sp³-hybridized carbons (Fsp3) is 0.357. The van der Waals surface area contributed by atoms with Gasteiger partial charge in [-0.15, -0.1) is 0 Å². The summed E-state index contributed by atoms with van der Waals surface area (Å²) in [6, 6.07) is 3.98. The van der Waals surface area contributed by atoms with Crippen LogP contribution in [-0.2, 0) is 4.74 Å². The largest absolute Gasteiger partial charge is 0.444 e. The van der Waals surface area contributed by atoms with Gasteiger partial charge in [-0.05, 0) is 44.5 Å². The van der Waals surface area contributed by atoms with E-state index in [2.05, 4.69) is 11.9 Å². The molecule has 5 heteroatoms. The highest BCUT2D eigenvalue weighted by Gasteiger charge is 2.17. The Labute approximate surface area is 112 Å². The number of halogens is 1. The lowest BCUT2D eigenvalue weighted by molar-refractivity contribution is 0.0636. The zero-order valence-corrected chi connectivity index (χ0v) is 11.4. The van der Waals surface area contributed by atoms with Gasteiger partial charge in [0, 0.05) is 12.1 Å². The monoisotopic (exact) mass is 266 g/mol. The molecule has 0 saturated carbocycles. The number of carbonyl (C=O) groups excluding carboxylic acids is 1. The van der Waals surface area contributed by atoms with Crippen molar-refractivity contribution in [3.05, 3.63) is 36.2 Å². The van der Waals surface area contributed by atoms with Gasteiger partial charge in [-0.1, -0.05) is 6.58 Å². The van der Waals surface area contributed by atoms with E-state index in [0.717, 1.165) is 0 Å². The predicted octanol–water partition coefficient (Wildman–Crippen LogP) is 3.14. The van der Waals surface area contributed by atoms with E-state index < -0.39 is 17.5 Å². The quantitative estimate of drug-likeness (QED) is 0.883. The molecule has 0 aromatic heterocycles. The molecule has 0 radical (unpaired) electrons. The van der Waals surface area contributed by atoms with Gasteiger partial charge in [0.1, 0.15) is 11.4 Å². The number of amides is 1. The Morgan fingerprint density at radius 2 is 2.11 bits per heavy atom. The van der Waals surface area contributed by atoms with Crippen molar-refractivity contribution in [2.24, 2.45) is 5.73 Å². The molecular weight excluding hydrogens is 247 g/mol. The van der Waals surface area contributed by atoms with Gasteiger partial charge in [-0.2, -0.15) is 0 Å². The minimum absolute atomic E-state index is 0.173. The van der Waals surface area contributed by atoms with E-state index in [9.17, 15) is 9.18 Å². The average Bonchev–Trinajstić information content (AvgIpc) is 2.28. The summed E-state index contributed by atoms with van der Waals surface area (Å²) in [5.74, 6) is -0.417. The number of hydrogen-bond donors (Lipinski definition) is 2.